The Morgan fingerprint density at radius 3 is 2.67 bits per heavy atom. The summed E-state index contributed by atoms with van der Waals surface area (Å²) in [5, 5.41) is 2.59. The van der Waals surface area contributed by atoms with Gasteiger partial charge in [0.25, 0.3) is 0 Å². The Bertz CT molecular complexity index is 488. The van der Waals surface area contributed by atoms with E-state index in [-0.39, 0.29) is 11.8 Å². The molecule has 21 heavy (non-hydrogen) atoms. The van der Waals surface area contributed by atoms with Gasteiger partial charge in [-0.05, 0) is 31.0 Å². The van der Waals surface area contributed by atoms with Crippen molar-refractivity contribution < 1.29 is 14.3 Å². The van der Waals surface area contributed by atoms with Gasteiger partial charge < -0.3 is 15.0 Å². The highest BCUT2D eigenvalue weighted by molar-refractivity contribution is 5.87. The summed E-state index contributed by atoms with van der Waals surface area (Å²) in [6.07, 6.45) is 1.19. The van der Waals surface area contributed by atoms with Crippen molar-refractivity contribution in [3.05, 3.63) is 29.8 Å². The molecule has 0 saturated carbocycles. The summed E-state index contributed by atoms with van der Waals surface area (Å²) in [5.74, 6) is 0.557. The third-order valence-corrected chi connectivity index (χ3v) is 3.36. The van der Waals surface area contributed by atoms with Crippen LogP contribution in [0.25, 0.3) is 0 Å². The van der Waals surface area contributed by atoms with E-state index in [9.17, 15) is 9.59 Å². The lowest BCUT2D eigenvalue weighted by atomic mass is 10.1. The maximum absolute atomic E-state index is 12.3. The Hall–Kier alpha value is -2.04. The van der Waals surface area contributed by atoms with E-state index in [1.54, 1.807) is 26.0 Å². The van der Waals surface area contributed by atoms with E-state index in [4.69, 9.17) is 4.74 Å². The second-order valence-corrected chi connectivity index (χ2v) is 4.91. The quantitative estimate of drug-likeness (QED) is 0.835. The van der Waals surface area contributed by atoms with E-state index < -0.39 is 6.04 Å². The van der Waals surface area contributed by atoms with Crippen LogP contribution in [0, 0.1) is 0 Å². The zero-order valence-corrected chi connectivity index (χ0v) is 13.2. The molecule has 1 N–H and O–H groups in total. The molecule has 1 atom stereocenters. The highest BCUT2D eigenvalue weighted by Crippen LogP contribution is 2.16. The first-order chi connectivity index (χ1) is 10.0. The van der Waals surface area contributed by atoms with Crippen molar-refractivity contribution in [3.63, 3.8) is 0 Å². The van der Waals surface area contributed by atoms with E-state index in [1.807, 2.05) is 31.2 Å². The molecular formula is C16H24N2O3. The van der Waals surface area contributed by atoms with Crippen molar-refractivity contribution in [3.8, 4) is 5.75 Å². The minimum Gasteiger partial charge on any atom is -0.497 e. The lowest BCUT2D eigenvalue weighted by Crippen LogP contribution is -2.46. The molecule has 0 saturated heterocycles. The van der Waals surface area contributed by atoms with Gasteiger partial charge in [-0.15, -0.1) is 0 Å². The molecule has 1 rings (SSSR count). The monoisotopic (exact) mass is 292 g/mol. The van der Waals surface area contributed by atoms with Gasteiger partial charge in [0, 0.05) is 20.0 Å². The van der Waals surface area contributed by atoms with Gasteiger partial charge in [0.2, 0.25) is 11.8 Å². The van der Waals surface area contributed by atoms with Crippen LogP contribution in [-0.4, -0.2) is 36.9 Å². The second-order valence-electron chi connectivity index (χ2n) is 4.91. The van der Waals surface area contributed by atoms with Gasteiger partial charge in [-0.2, -0.15) is 0 Å². The molecule has 1 unspecified atom stereocenters. The summed E-state index contributed by atoms with van der Waals surface area (Å²) in [5.41, 5.74) is 0.939. The number of carbonyl (C=O) groups excluding carboxylic acids is 2. The summed E-state index contributed by atoms with van der Waals surface area (Å²) in [7, 11) is 3.18. The number of nitrogens with one attached hydrogen (secondary N) is 1. The SMILES string of the molecule is CCCC(=O)N(Cc1cccc(OC)c1)C(C)C(=O)NC. The normalized spacial score (nSPS) is 11.6. The van der Waals surface area contributed by atoms with Crippen LogP contribution in [0.2, 0.25) is 0 Å². The molecule has 0 spiro atoms. The van der Waals surface area contributed by atoms with Crippen molar-refractivity contribution in [1.29, 1.82) is 0 Å². The maximum Gasteiger partial charge on any atom is 0.242 e. The Labute approximate surface area is 126 Å². The minimum absolute atomic E-state index is 0.0172. The predicted octanol–water partition coefficient (Wildman–Crippen LogP) is 1.96. The van der Waals surface area contributed by atoms with Crippen LogP contribution < -0.4 is 10.1 Å². The second kappa shape index (κ2) is 8.29. The first-order valence-corrected chi connectivity index (χ1v) is 7.17. The molecular weight excluding hydrogens is 268 g/mol. The number of hydrogen-bond donors (Lipinski definition) is 1. The Kier molecular flexibility index (Phi) is 6.72. The number of benzene rings is 1. The lowest BCUT2D eigenvalue weighted by molar-refractivity contribution is -0.140. The van der Waals surface area contributed by atoms with E-state index in [2.05, 4.69) is 5.32 Å². The Balaban J connectivity index is 2.95. The van der Waals surface area contributed by atoms with Crippen LogP contribution in [0.1, 0.15) is 32.3 Å². The van der Waals surface area contributed by atoms with Gasteiger partial charge >= 0.3 is 0 Å². The van der Waals surface area contributed by atoms with Crippen molar-refractivity contribution in [2.75, 3.05) is 14.2 Å². The first kappa shape index (κ1) is 17.0. The summed E-state index contributed by atoms with van der Waals surface area (Å²) in [6, 6.07) is 7.03. The first-order valence-electron chi connectivity index (χ1n) is 7.17. The molecule has 1 aromatic rings. The van der Waals surface area contributed by atoms with Crippen LogP contribution in [0.5, 0.6) is 5.75 Å². The van der Waals surface area contributed by atoms with Gasteiger partial charge in [0.15, 0.2) is 0 Å². The van der Waals surface area contributed by atoms with E-state index in [0.29, 0.717) is 13.0 Å². The molecule has 0 radical (unpaired) electrons. The van der Waals surface area contributed by atoms with Crippen LogP contribution >= 0.6 is 0 Å². The molecule has 116 valence electrons. The third-order valence-electron chi connectivity index (χ3n) is 3.36. The van der Waals surface area contributed by atoms with E-state index in [1.165, 1.54) is 0 Å². The molecule has 0 aliphatic carbocycles. The summed E-state index contributed by atoms with van der Waals surface area (Å²) < 4.78 is 5.19. The van der Waals surface area contributed by atoms with Gasteiger partial charge in [0.05, 0.1) is 7.11 Å². The van der Waals surface area contributed by atoms with E-state index >= 15 is 0 Å². The topological polar surface area (TPSA) is 58.6 Å². The minimum atomic E-state index is -0.500. The van der Waals surface area contributed by atoms with Gasteiger partial charge in [-0.1, -0.05) is 19.1 Å². The molecule has 0 aliphatic rings. The zero-order valence-electron chi connectivity index (χ0n) is 13.2. The summed E-state index contributed by atoms with van der Waals surface area (Å²) in [6.45, 7) is 4.09. The van der Waals surface area contributed by atoms with Crippen molar-refractivity contribution in [2.24, 2.45) is 0 Å². The molecule has 5 nitrogen and oxygen atoms in total. The fraction of sp³-hybridized carbons (Fsp3) is 0.500. The summed E-state index contributed by atoms with van der Waals surface area (Å²) in [4.78, 5) is 25.7. The zero-order chi connectivity index (χ0) is 15.8. The number of ether oxygens (including phenoxy) is 1. The molecule has 5 heteroatoms. The molecule has 0 heterocycles. The van der Waals surface area contributed by atoms with Crippen molar-refractivity contribution in [2.45, 2.75) is 39.3 Å². The maximum atomic E-state index is 12.3. The lowest BCUT2D eigenvalue weighted by Gasteiger charge is -2.28. The molecule has 0 aromatic heterocycles. The van der Waals surface area contributed by atoms with Gasteiger partial charge in [-0.3, -0.25) is 9.59 Å². The molecule has 0 fully saturated rings. The van der Waals surface area contributed by atoms with Gasteiger partial charge in [-0.25, -0.2) is 0 Å². The number of carbonyl (C=O) groups is 2. The molecule has 1 aromatic carbocycles. The van der Waals surface area contributed by atoms with Crippen LogP contribution in [0.4, 0.5) is 0 Å². The number of rotatable bonds is 7. The largest absolute Gasteiger partial charge is 0.497 e. The van der Waals surface area contributed by atoms with Crippen molar-refractivity contribution in [1.82, 2.24) is 10.2 Å². The van der Waals surface area contributed by atoms with Crippen LogP contribution in [0.15, 0.2) is 24.3 Å². The third kappa shape index (κ3) is 4.77. The summed E-state index contributed by atoms with van der Waals surface area (Å²) >= 11 is 0. The molecule has 0 aliphatic heterocycles. The van der Waals surface area contributed by atoms with E-state index in [0.717, 1.165) is 17.7 Å². The number of methoxy groups -OCH3 is 1. The number of amides is 2. The molecule has 2 amide bonds. The van der Waals surface area contributed by atoms with Crippen molar-refractivity contribution >= 4 is 11.8 Å². The Morgan fingerprint density at radius 2 is 2.10 bits per heavy atom. The van der Waals surface area contributed by atoms with Gasteiger partial charge in [0.1, 0.15) is 11.8 Å². The average molecular weight is 292 g/mol. The Morgan fingerprint density at radius 1 is 1.38 bits per heavy atom. The molecule has 0 bridgehead atoms. The highest BCUT2D eigenvalue weighted by Gasteiger charge is 2.24. The standard InChI is InChI=1S/C16H24N2O3/c1-5-7-15(19)18(12(2)16(20)17-3)11-13-8-6-9-14(10-13)21-4/h6,8-10,12H,5,7,11H2,1-4H3,(H,17,20). The predicted molar refractivity (Wildman–Crippen MR) is 82.0 cm³/mol. The fourth-order valence-corrected chi connectivity index (χ4v) is 2.12. The van der Waals surface area contributed by atoms with Crippen LogP contribution in [-0.2, 0) is 16.1 Å². The smallest absolute Gasteiger partial charge is 0.242 e. The number of likely N-dealkylation sites (N-methyl/N-ethyl adjacent to an activating group) is 1. The fourth-order valence-electron chi connectivity index (χ4n) is 2.12. The average Bonchev–Trinajstić information content (AvgIpc) is 2.51. The van der Waals surface area contributed by atoms with Crippen LogP contribution in [0.3, 0.4) is 0 Å². The number of nitrogens with zero attached hydrogens (tertiary/aromatic N) is 1. The highest BCUT2D eigenvalue weighted by atomic mass is 16.5. The number of hydrogen-bond acceptors (Lipinski definition) is 3.